The third kappa shape index (κ3) is 4.53. The second-order valence-electron chi connectivity index (χ2n) is 15.0. The SMILES string of the molecule is CCCCC1CCC([Si](C)(C)[Si](C)(C)C2CCC3C2CC2CCCC2C3C2CCCCC2)C1. The Morgan fingerprint density at radius 2 is 1.36 bits per heavy atom. The molecular weight excluding hydrogens is 429 g/mol. The number of hydrogen-bond acceptors (Lipinski definition) is 0. The Kier molecular flexibility index (Phi) is 7.65. The van der Waals surface area contributed by atoms with Gasteiger partial charge in [0.05, 0.1) is 0 Å². The van der Waals surface area contributed by atoms with Gasteiger partial charge in [0.2, 0.25) is 0 Å². The summed E-state index contributed by atoms with van der Waals surface area (Å²) in [6.45, 7) is 14.1. The van der Waals surface area contributed by atoms with Crippen molar-refractivity contribution >= 4 is 15.2 Å². The maximum atomic E-state index is 2.95. The van der Waals surface area contributed by atoms with Crippen molar-refractivity contribution in [1.29, 1.82) is 0 Å². The molecule has 0 aromatic carbocycles. The van der Waals surface area contributed by atoms with Gasteiger partial charge in [0.15, 0.2) is 0 Å². The predicted octanol–water partition coefficient (Wildman–Crippen LogP) is 10.3. The summed E-state index contributed by atoms with van der Waals surface area (Å²) in [4.78, 5) is 0. The molecule has 33 heavy (non-hydrogen) atoms. The van der Waals surface area contributed by atoms with E-state index in [0.717, 1.165) is 47.0 Å². The van der Waals surface area contributed by atoms with Crippen LogP contribution in [-0.4, -0.2) is 15.2 Å². The van der Waals surface area contributed by atoms with Crippen molar-refractivity contribution in [3.8, 4) is 0 Å². The van der Waals surface area contributed by atoms with Crippen LogP contribution in [-0.2, 0) is 0 Å². The largest absolute Gasteiger partial charge is 0.0711 e. The first-order chi connectivity index (χ1) is 15.8. The van der Waals surface area contributed by atoms with E-state index in [1.807, 2.05) is 0 Å². The van der Waals surface area contributed by atoms with Crippen LogP contribution in [0.3, 0.4) is 0 Å². The molecule has 0 radical (unpaired) electrons. The van der Waals surface area contributed by atoms with Crippen molar-refractivity contribution < 1.29 is 0 Å². The highest BCUT2D eigenvalue weighted by Crippen LogP contribution is 2.65. The lowest BCUT2D eigenvalue weighted by Crippen LogP contribution is -2.61. The van der Waals surface area contributed by atoms with Crippen LogP contribution in [0.25, 0.3) is 0 Å². The van der Waals surface area contributed by atoms with Crippen molar-refractivity contribution in [3.05, 3.63) is 0 Å². The van der Waals surface area contributed by atoms with Crippen LogP contribution in [0.1, 0.15) is 116 Å². The zero-order chi connectivity index (χ0) is 23.2. The van der Waals surface area contributed by atoms with E-state index in [9.17, 15) is 0 Å². The molecule has 0 nitrogen and oxygen atoms in total. The number of rotatable bonds is 7. The minimum Gasteiger partial charge on any atom is -0.0711 e. The molecule has 5 aliphatic carbocycles. The Bertz CT molecular complexity index is 647. The molecule has 0 heterocycles. The molecule has 0 bridgehead atoms. The van der Waals surface area contributed by atoms with Crippen LogP contribution in [0.5, 0.6) is 0 Å². The van der Waals surface area contributed by atoms with E-state index in [1.54, 1.807) is 89.9 Å². The van der Waals surface area contributed by atoms with E-state index in [-0.39, 0.29) is 0 Å². The molecule has 190 valence electrons. The average Bonchev–Trinajstić information content (AvgIpc) is 3.55. The summed E-state index contributed by atoms with van der Waals surface area (Å²) in [7, 11) is -2.39. The highest BCUT2D eigenvalue weighted by atomic mass is 29.3. The maximum absolute atomic E-state index is 2.95. The van der Waals surface area contributed by atoms with Gasteiger partial charge >= 0.3 is 0 Å². The third-order valence-electron chi connectivity index (χ3n) is 13.5. The second kappa shape index (κ2) is 10.1. The van der Waals surface area contributed by atoms with Crippen LogP contribution < -0.4 is 0 Å². The normalized spacial score (nSPS) is 42.5. The summed E-state index contributed by atoms with van der Waals surface area (Å²) in [6, 6.07) is 0. The fraction of sp³-hybridized carbons (Fsp3) is 1.00. The van der Waals surface area contributed by atoms with Gasteiger partial charge in [-0.3, -0.25) is 0 Å². The van der Waals surface area contributed by atoms with Gasteiger partial charge in [-0.05, 0) is 71.8 Å². The molecule has 0 aliphatic heterocycles. The smallest absolute Gasteiger partial charge is 0.0448 e. The monoisotopic (exact) mass is 486 g/mol. The lowest BCUT2D eigenvalue weighted by atomic mass is 9.58. The Balaban J connectivity index is 1.34. The Labute approximate surface area is 209 Å². The van der Waals surface area contributed by atoms with E-state index in [1.165, 1.54) is 24.8 Å². The van der Waals surface area contributed by atoms with Crippen molar-refractivity contribution in [2.24, 2.45) is 41.4 Å². The number of hydrogen-bond donors (Lipinski definition) is 0. The molecule has 5 fully saturated rings. The minimum absolute atomic E-state index is 1.09. The third-order valence-corrected chi connectivity index (χ3v) is 34.2. The Hall–Kier alpha value is 0.434. The van der Waals surface area contributed by atoms with Crippen LogP contribution >= 0.6 is 0 Å². The molecule has 5 saturated carbocycles. The van der Waals surface area contributed by atoms with E-state index >= 15 is 0 Å². The number of fused-ring (bicyclic) bond motifs is 2. The van der Waals surface area contributed by atoms with E-state index < -0.39 is 15.2 Å². The Morgan fingerprint density at radius 3 is 2.12 bits per heavy atom. The summed E-state index contributed by atoms with van der Waals surface area (Å²) in [5.41, 5.74) is 2.35. The molecule has 8 atom stereocenters. The van der Waals surface area contributed by atoms with Crippen molar-refractivity contribution in [3.63, 3.8) is 0 Å². The van der Waals surface area contributed by atoms with E-state index in [4.69, 9.17) is 0 Å². The van der Waals surface area contributed by atoms with Crippen molar-refractivity contribution in [1.82, 2.24) is 0 Å². The topological polar surface area (TPSA) is 0 Å². The molecule has 0 saturated heterocycles. The zero-order valence-electron chi connectivity index (χ0n) is 23.2. The quantitative estimate of drug-likeness (QED) is 0.314. The summed E-state index contributed by atoms with van der Waals surface area (Å²) in [6.07, 6.45) is 26.9. The lowest BCUT2D eigenvalue weighted by Gasteiger charge is -2.53. The van der Waals surface area contributed by atoms with Crippen LogP contribution in [0.2, 0.25) is 37.3 Å². The lowest BCUT2D eigenvalue weighted by molar-refractivity contribution is 0.0162. The Morgan fingerprint density at radius 1 is 0.606 bits per heavy atom. The minimum atomic E-state index is -1.22. The van der Waals surface area contributed by atoms with Gasteiger partial charge in [0.1, 0.15) is 0 Å². The summed E-state index contributed by atoms with van der Waals surface area (Å²) < 4.78 is 0. The van der Waals surface area contributed by atoms with Gasteiger partial charge in [0, 0.05) is 15.2 Å². The highest BCUT2D eigenvalue weighted by Gasteiger charge is 2.60. The van der Waals surface area contributed by atoms with Crippen molar-refractivity contribution in [2.75, 3.05) is 0 Å². The fourth-order valence-corrected chi connectivity index (χ4v) is 25.1. The first-order valence-corrected chi connectivity index (χ1v) is 23.0. The molecule has 2 heteroatoms. The van der Waals surface area contributed by atoms with Gasteiger partial charge in [-0.2, -0.15) is 0 Å². The first kappa shape index (κ1) is 25.1. The van der Waals surface area contributed by atoms with Crippen LogP contribution in [0.4, 0.5) is 0 Å². The molecule has 0 spiro atoms. The van der Waals surface area contributed by atoms with Gasteiger partial charge in [-0.25, -0.2) is 0 Å². The average molecular weight is 487 g/mol. The fourth-order valence-electron chi connectivity index (χ4n) is 11.1. The molecular formula is C31H58Si2. The summed E-state index contributed by atoms with van der Waals surface area (Å²) in [5, 5.41) is 0. The maximum Gasteiger partial charge on any atom is 0.0448 e. The molecule has 0 aromatic rings. The molecule has 8 unspecified atom stereocenters. The molecule has 0 aromatic heterocycles. The first-order valence-electron chi connectivity index (χ1n) is 15.8. The number of unbranched alkanes of at least 4 members (excludes halogenated alkanes) is 1. The summed E-state index contributed by atoms with van der Waals surface area (Å²) >= 11 is 0. The summed E-state index contributed by atoms with van der Waals surface area (Å²) in [5.74, 6) is 7.96. The molecule has 0 amide bonds. The molecule has 0 N–H and O–H groups in total. The van der Waals surface area contributed by atoms with E-state index in [2.05, 4.69) is 33.1 Å². The van der Waals surface area contributed by atoms with Gasteiger partial charge in [0.25, 0.3) is 0 Å². The molecule has 5 aliphatic rings. The van der Waals surface area contributed by atoms with Crippen molar-refractivity contribution in [2.45, 2.75) is 153 Å². The highest BCUT2D eigenvalue weighted by molar-refractivity contribution is 7.41. The predicted molar refractivity (Wildman–Crippen MR) is 151 cm³/mol. The van der Waals surface area contributed by atoms with Gasteiger partial charge in [-0.1, -0.05) is 123 Å². The van der Waals surface area contributed by atoms with Gasteiger partial charge in [-0.15, -0.1) is 0 Å². The molecule has 5 rings (SSSR count). The zero-order valence-corrected chi connectivity index (χ0v) is 25.2. The second-order valence-corrected chi connectivity index (χ2v) is 31.2. The van der Waals surface area contributed by atoms with Crippen LogP contribution in [0, 0.1) is 41.4 Å². The van der Waals surface area contributed by atoms with Gasteiger partial charge < -0.3 is 0 Å². The van der Waals surface area contributed by atoms with Crippen LogP contribution in [0.15, 0.2) is 0 Å². The standard InChI is InChI=1S/C31H58Si2/c1-6-7-12-23-17-18-26(21-23)32(2,3)33(4,5)30-20-19-28-29(30)22-25-15-11-16-27(25)31(28)24-13-9-8-10-14-24/h23-31H,6-22H2,1-5H3. The van der Waals surface area contributed by atoms with E-state index in [0.29, 0.717) is 0 Å².